The minimum Gasteiger partial charge on any atom is -0.394 e. The zero-order chi connectivity index (χ0) is 12.3. The third kappa shape index (κ3) is 2.84. The Morgan fingerprint density at radius 1 is 1.29 bits per heavy atom. The van der Waals surface area contributed by atoms with E-state index in [-0.39, 0.29) is 12.6 Å². The molecular formula is C13H16N2OS. The Morgan fingerprint density at radius 2 is 2.00 bits per heavy atom. The van der Waals surface area contributed by atoms with Crippen molar-refractivity contribution < 1.29 is 5.11 Å². The van der Waals surface area contributed by atoms with Crippen molar-refractivity contribution in [2.24, 2.45) is 0 Å². The molecule has 2 aromatic rings. The van der Waals surface area contributed by atoms with Crippen molar-refractivity contribution >= 4 is 16.5 Å². The molecule has 1 unspecified atom stereocenters. The summed E-state index contributed by atoms with van der Waals surface area (Å²) in [5.74, 6) is 0. The Kier molecular flexibility index (Phi) is 3.76. The summed E-state index contributed by atoms with van der Waals surface area (Å²) in [7, 11) is 0. The predicted octanol–water partition coefficient (Wildman–Crippen LogP) is 2.91. The van der Waals surface area contributed by atoms with E-state index in [9.17, 15) is 5.11 Å². The third-order valence-electron chi connectivity index (χ3n) is 2.71. The van der Waals surface area contributed by atoms with Gasteiger partial charge >= 0.3 is 0 Å². The number of nitrogens with zero attached hydrogens (tertiary/aromatic N) is 1. The lowest BCUT2D eigenvalue weighted by Gasteiger charge is -2.15. The summed E-state index contributed by atoms with van der Waals surface area (Å²) < 4.78 is 0. The van der Waals surface area contributed by atoms with Gasteiger partial charge in [-0.15, -0.1) is 11.3 Å². The van der Waals surface area contributed by atoms with Crippen molar-refractivity contribution in [3.63, 3.8) is 0 Å². The van der Waals surface area contributed by atoms with Gasteiger partial charge in [0.05, 0.1) is 18.3 Å². The monoisotopic (exact) mass is 248 g/mol. The number of nitrogens with one attached hydrogen (secondary N) is 1. The number of anilines is 1. The van der Waals surface area contributed by atoms with Crippen molar-refractivity contribution in [2.75, 3.05) is 11.9 Å². The number of hydrogen-bond donors (Lipinski definition) is 2. The van der Waals surface area contributed by atoms with Crippen LogP contribution in [0.15, 0.2) is 30.3 Å². The number of aliphatic hydroxyl groups excluding tert-OH is 1. The molecule has 0 aliphatic heterocycles. The van der Waals surface area contributed by atoms with Gasteiger partial charge in [0.15, 0.2) is 5.13 Å². The lowest BCUT2D eigenvalue weighted by Crippen LogP contribution is -2.14. The number of hydrogen-bond acceptors (Lipinski definition) is 4. The van der Waals surface area contributed by atoms with E-state index >= 15 is 0 Å². The maximum absolute atomic E-state index is 9.43. The highest BCUT2D eigenvalue weighted by molar-refractivity contribution is 7.15. The van der Waals surface area contributed by atoms with E-state index in [0.717, 1.165) is 16.4 Å². The number of aliphatic hydroxyl groups is 1. The molecule has 0 saturated heterocycles. The van der Waals surface area contributed by atoms with Gasteiger partial charge in [0.25, 0.3) is 0 Å². The fourth-order valence-corrected chi connectivity index (χ4v) is 2.47. The molecule has 0 saturated carbocycles. The zero-order valence-electron chi connectivity index (χ0n) is 9.97. The van der Waals surface area contributed by atoms with Gasteiger partial charge in [-0.1, -0.05) is 30.3 Å². The standard InChI is InChI=1S/C13H16N2OS/c1-9-10(2)17-13(14-9)15-12(8-16)11-6-4-3-5-7-11/h3-7,12,16H,8H2,1-2H3,(H,14,15). The van der Waals surface area contributed by atoms with Gasteiger partial charge in [0, 0.05) is 4.88 Å². The van der Waals surface area contributed by atoms with E-state index in [1.54, 1.807) is 11.3 Å². The van der Waals surface area contributed by atoms with Crippen LogP contribution in [0.1, 0.15) is 22.2 Å². The first-order valence-electron chi connectivity index (χ1n) is 5.57. The molecule has 0 bridgehead atoms. The van der Waals surface area contributed by atoms with E-state index in [1.807, 2.05) is 37.3 Å². The predicted molar refractivity (Wildman–Crippen MR) is 71.5 cm³/mol. The molecule has 0 aliphatic carbocycles. The fourth-order valence-electron chi connectivity index (χ4n) is 1.60. The Bertz CT molecular complexity index is 462. The van der Waals surface area contributed by atoms with Crippen LogP contribution in [0, 0.1) is 13.8 Å². The van der Waals surface area contributed by atoms with Crippen LogP contribution in [0.5, 0.6) is 0 Å². The van der Waals surface area contributed by atoms with Crippen molar-refractivity contribution in [3.8, 4) is 0 Å². The number of aromatic nitrogens is 1. The molecule has 1 atom stereocenters. The molecule has 3 nitrogen and oxygen atoms in total. The second kappa shape index (κ2) is 5.29. The molecule has 2 rings (SSSR count). The van der Waals surface area contributed by atoms with Crippen LogP contribution in [0.4, 0.5) is 5.13 Å². The number of benzene rings is 1. The van der Waals surface area contributed by atoms with Crippen molar-refractivity contribution in [1.29, 1.82) is 0 Å². The summed E-state index contributed by atoms with van der Waals surface area (Å²) in [5, 5.41) is 13.6. The van der Waals surface area contributed by atoms with Gasteiger partial charge < -0.3 is 10.4 Å². The Balaban J connectivity index is 2.15. The van der Waals surface area contributed by atoms with Crippen LogP contribution in [-0.2, 0) is 0 Å². The second-order valence-corrected chi connectivity index (χ2v) is 5.15. The third-order valence-corrected chi connectivity index (χ3v) is 3.71. The van der Waals surface area contributed by atoms with Crippen molar-refractivity contribution in [3.05, 3.63) is 46.5 Å². The van der Waals surface area contributed by atoms with Gasteiger partial charge in [-0.2, -0.15) is 0 Å². The summed E-state index contributed by atoms with van der Waals surface area (Å²) in [5.41, 5.74) is 2.11. The maximum atomic E-state index is 9.43. The van der Waals surface area contributed by atoms with Gasteiger partial charge in [-0.25, -0.2) is 4.98 Å². The van der Waals surface area contributed by atoms with Crippen LogP contribution in [-0.4, -0.2) is 16.7 Å². The summed E-state index contributed by atoms with van der Waals surface area (Å²) in [4.78, 5) is 5.63. The van der Waals surface area contributed by atoms with E-state index in [4.69, 9.17) is 0 Å². The molecule has 0 spiro atoms. The van der Waals surface area contributed by atoms with E-state index in [0.29, 0.717) is 0 Å². The smallest absolute Gasteiger partial charge is 0.183 e. The SMILES string of the molecule is Cc1nc(NC(CO)c2ccccc2)sc1C. The molecule has 0 fully saturated rings. The molecular weight excluding hydrogens is 232 g/mol. The summed E-state index contributed by atoms with van der Waals surface area (Å²) >= 11 is 1.62. The molecule has 0 amide bonds. The normalized spacial score (nSPS) is 12.4. The highest BCUT2D eigenvalue weighted by Crippen LogP contribution is 2.25. The molecule has 0 radical (unpaired) electrons. The minimum absolute atomic E-state index is 0.0572. The van der Waals surface area contributed by atoms with Crippen LogP contribution in [0.25, 0.3) is 0 Å². The van der Waals surface area contributed by atoms with Gasteiger partial charge in [0.2, 0.25) is 0 Å². The quantitative estimate of drug-likeness (QED) is 0.874. The summed E-state index contributed by atoms with van der Waals surface area (Å²) in [6.07, 6.45) is 0. The zero-order valence-corrected chi connectivity index (χ0v) is 10.8. The Morgan fingerprint density at radius 3 is 2.53 bits per heavy atom. The number of aryl methyl sites for hydroxylation is 2. The lowest BCUT2D eigenvalue weighted by atomic mass is 10.1. The summed E-state index contributed by atoms with van der Waals surface area (Å²) in [6.45, 7) is 4.10. The highest BCUT2D eigenvalue weighted by Gasteiger charge is 2.12. The fraction of sp³-hybridized carbons (Fsp3) is 0.308. The van der Waals surface area contributed by atoms with Gasteiger partial charge in [-0.05, 0) is 19.4 Å². The molecule has 2 N–H and O–H groups in total. The van der Waals surface area contributed by atoms with E-state index < -0.39 is 0 Å². The van der Waals surface area contributed by atoms with Crippen molar-refractivity contribution in [2.45, 2.75) is 19.9 Å². The summed E-state index contributed by atoms with van der Waals surface area (Å²) in [6, 6.07) is 9.81. The van der Waals surface area contributed by atoms with Gasteiger partial charge in [0.1, 0.15) is 0 Å². The molecule has 4 heteroatoms. The van der Waals surface area contributed by atoms with E-state index in [2.05, 4.69) is 17.2 Å². The second-order valence-electron chi connectivity index (χ2n) is 3.95. The average Bonchev–Trinajstić information content (AvgIpc) is 2.67. The van der Waals surface area contributed by atoms with Crippen LogP contribution in [0.2, 0.25) is 0 Å². The molecule has 90 valence electrons. The molecule has 0 aliphatic rings. The largest absolute Gasteiger partial charge is 0.394 e. The molecule has 17 heavy (non-hydrogen) atoms. The maximum Gasteiger partial charge on any atom is 0.183 e. The molecule has 1 aromatic heterocycles. The lowest BCUT2D eigenvalue weighted by molar-refractivity contribution is 0.276. The van der Waals surface area contributed by atoms with Crippen LogP contribution < -0.4 is 5.32 Å². The van der Waals surface area contributed by atoms with E-state index in [1.165, 1.54) is 4.88 Å². The van der Waals surface area contributed by atoms with Gasteiger partial charge in [-0.3, -0.25) is 0 Å². The first kappa shape index (κ1) is 12.1. The Labute approximate surface area is 105 Å². The first-order valence-corrected chi connectivity index (χ1v) is 6.38. The number of thiazole rings is 1. The van der Waals surface area contributed by atoms with Crippen LogP contribution in [0.3, 0.4) is 0 Å². The Hall–Kier alpha value is -1.39. The van der Waals surface area contributed by atoms with Crippen molar-refractivity contribution in [1.82, 2.24) is 4.98 Å². The minimum atomic E-state index is -0.0962. The highest BCUT2D eigenvalue weighted by atomic mass is 32.1. The van der Waals surface area contributed by atoms with Crippen LogP contribution >= 0.6 is 11.3 Å². The first-order chi connectivity index (χ1) is 8.20. The average molecular weight is 248 g/mol. The number of rotatable bonds is 4. The molecule has 1 aromatic carbocycles. The topological polar surface area (TPSA) is 45.2 Å². The molecule has 1 heterocycles.